The maximum absolute atomic E-state index is 12.0. The summed E-state index contributed by atoms with van der Waals surface area (Å²) in [7, 11) is 0. The Morgan fingerprint density at radius 2 is 2.06 bits per heavy atom. The molecule has 3 N–H and O–H groups in total. The van der Waals surface area contributed by atoms with E-state index in [1.165, 1.54) is 0 Å². The fraction of sp³-hybridized carbons (Fsp3) is 0.917. The summed E-state index contributed by atoms with van der Waals surface area (Å²) in [6.07, 6.45) is 1.82. The van der Waals surface area contributed by atoms with Crippen LogP contribution in [0.5, 0.6) is 0 Å². The van der Waals surface area contributed by atoms with Crippen molar-refractivity contribution in [2.75, 3.05) is 46.1 Å². The third kappa shape index (κ3) is 3.91. The van der Waals surface area contributed by atoms with Gasteiger partial charge in [0.05, 0.1) is 19.8 Å². The number of amides is 1. The summed E-state index contributed by atoms with van der Waals surface area (Å²) in [5.74, 6) is 0.0854. The van der Waals surface area contributed by atoms with Crippen LogP contribution < -0.4 is 11.1 Å². The highest BCUT2D eigenvalue weighted by atomic mass is 16.5. The van der Waals surface area contributed by atoms with Gasteiger partial charge in [0.2, 0.25) is 5.91 Å². The van der Waals surface area contributed by atoms with Crippen molar-refractivity contribution in [2.24, 2.45) is 5.73 Å². The van der Waals surface area contributed by atoms with E-state index in [-0.39, 0.29) is 18.0 Å². The number of carbonyl (C=O) groups is 1. The summed E-state index contributed by atoms with van der Waals surface area (Å²) in [5, 5.41) is 3.07. The number of ether oxygens (including phenoxy) is 2. The highest BCUT2D eigenvalue weighted by Crippen LogP contribution is 2.08. The Balaban J connectivity index is 1.75. The number of nitrogens with one attached hydrogen (secondary N) is 1. The van der Waals surface area contributed by atoms with E-state index in [9.17, 15) is 4.79 Å². The van der Waals surface area contributed by atoms with Crippen molar-refractivity contribution in [3.8, 4) is 0 Å². The summed E-state index contributed by atoms with van der Waals surface area (Å²) < 4.78 is 10.6. The summed E-state index contributed by atoms with van der Waals surface area (Å²) in [5.41, 5.74) is 5.68. The molecule has 0 spiro atoms. The zero-order valence-corrected chi connectivity index (χ0v) is 10.8. The molecule has 6 heteroatoms. The summed E-state index contributed by atoms with van der Waals surface area (Å²) in [6, 6.07) is 0.433. The first-order chi connectivity index (χ1) is 8.79. The van der Waals surface area contributed by atoms with Crippen molar-refractivity contribution >= 4 is 5.91 Å². The lowest BCUT2D eigenvalue weighted by atomic mass is 10.1. The molecule has 1 unspecified atom stereocenters. The second kappa shape index (κ2) is 7.04. The first-order valence-electron chi connectivity index (χ1n) is 6.68. The molecule has 1 atom stereocenters. The molecule has 2 heterocycles. The fourth-order valence-corrected chi connectivity index (χ4v) is 2.41. The van der Waals surface area contributed by atoms with Crippen molar-refractivity contribution in [2.45, 2.75) is 24.9 Å². The van der Waals surface area contributed by atoms with Gasteiger partial charge < -0.3 is 20.5 Å². The van der Waals surface area contributed by atoms with E-state index in [4.69, 9.17) is 15.2 Å². The standard InChI is InChI=1S/C12H23N3O3/c13-7-11-9-18-6-3-15(11)8-12(16)14-10-1-4-17-5-2-10/h10-11H,1-9,13H2,(H,14,16). The molecule has 0 aliphatic carbocycles. The van der Waals surface area contributed by atoms with E-state index < -0.39 is 0 Å². The molecule has 2 aliphatic rings. The number of nitrogens with zero attached hydrogens (tertiary/aromatic N) is 1. The van der Waals surface area contributed by atoms with Crippen LogP contribution in [0, 0.1) is 0 Å². The average Bonchev–Trinajstić information content (AvgIpc) is 2.40. The van der Waals surface area contributed by atoms with Crippen molar-refractivity contribution < 1.29 is 14.3 Å². The van der Waals surface area contributed by atoms with E-state index in [1.54, 1.807) is 0 Å². The van der Waals surface area contributed by atoms with Gasteiger partial charge in [-0.15, -0.1) is 0 Å². The van der Waals surface area contributed by atoms with Crippen LogP contribution in [0.4, 0.5) is 0 Å². The first-order valence-corrected chi connectivity index (χ1v) is 6.68. The van der Waals surface area contributed by atoms with Gasteiger partial charge in [-0.05, 0) is 12.8 Å². The minimum atomic E-state index is 0.0854. The van der Waals surface area contributed by atoms with Crippen LogP contribution in [0.25, 0.3) is 0 Å². The number of carbonyl (C=O) groups excluding carboxylic acids is 1. The predicted molar refractivity (Wildman–Crippen MR) is 67.2 cm³/mol. The molecule has 0 radical (unpaired) electrons. The smallest absolute Gasteiger partial charge is 0.234 e. The Kier molecular flexibility index (Phi) is 5.37. The minimum Gasteiger partial charge on any atom is -0.381 e. The number of hydrogen-bond acceptors (Lipinski definition) is 5. The van der Waals surface area contributed by atoms with E-state index in [1.807, 2.05) is 0 Å². The lowest BCUT2D eigenvalue weighted by Gasteiger charge is -2.34. The normalized spacial score (nSPS) is 27.1. The van der Waals surface area contributed by atoms with Crippen LogP contribution in [-0.2, 0) is 14.3 Å². The lowest BCUT2D eigenvalue weighted by molar-refractivity contribution is -0.125. The number of morpholine rings is 1. The molecule has 2 fully saturated rings. The summed E-state index contributed by atoms with van der Waals surface area (Å²) in [4.78, 5) is 14.1. The van der Waals surface area contributed by atoms with Crippen LogP contribution >= 0.6 is 0 Å². The number of nitrogens with two attached hydrogens (primary N) is 1. The zero-order valence-electron chi connectivity index (χ0n) is 10.8. The quantitative estimate of drug-likeness (QED) is 0.671. The van der Waals surface area contributed by atoms with Gasteiger partial charge in [0.1, 0.15) is 0 Å². The highest BCUT2D eigenvalue weighted by Gasteiger charge is 2.24. The Labute approximate surface area is 108 Å². The molecule has 2 aliphatic heterocycles. The van der Waals surface area contributed by atoms with Gasteiger partial charge >= 0.3 is 0 Å². The molecule has 0 aromatic heterocycles. The van der Waals surface area contributed by atoms with E-state index >= 15 is 0 Å². The maximum atomic E-state index is 12.0. The molecule has 0 aromatic carbocycles. The molecule has 0 aromatic rings. The van der Waals surface area contributed by atoms with Crippen molar-refractivity contribution in [3.05, 3.63) is 0 Å². The molecule has 0 bridgehead atoms. The molecule has 6 nitrogen and oxygen atoms in total. The SMILES string of the molecule is NCC1COCCN1CC(=O)NC1CCOCC1. The minimum absolute atomic E-state index is 0.0854. The van der Waals surface area contributed by atoms with E-state index in [2.05, 4.69) is 10.2 Å². The molecule has 104 valence electrons. The fourth-order valence-electron chi connectivity index (χ4n) is 2.41. The topological polar surface area (TPSA) is 76.8 Å². The predicted octanol–water partition coefficient (Wildman–Crippen LogP) is -1.06. The van der Waals surface area contributed by atoms with Crippen LogP contribution in [-0.4, -0.2) is 69.0 Å². The highest BCUT2D eigenvalue weighted by molar-refractivity contribution is 5.78. The van der Waals surface area contributed by atoms with E-state index in [0.29, 0.717) is 26.3 Å². The molecule has 2 rings (SSSR count). The first kappa shape index (κ1) is 13.7. The average molecular weight is 257 g/mol. The summed E-state index contributed by atoms with van der Waals surface area (Å²) in [6.45, 7) is 4.53. The van der Waals surface area contributed by atoms with Gasteiger partial charge in [0.25, 0.3) is 0 Å². The van der Waals surface area contributed by atoms with Gasteiger partial charge in [-0.2, -0.15) is 0 Å². The third-order valence-corrected chi connectivity index (χ3v) is 3.55. The Morgan fingerprint density at radius 1 is 1.28 bits per heavy atom. The van der Waals surface area contributed by atoms with Crippen LogP contribution in [0.3, 0.4) is 0 Å². The maximum Gasteiger partial charge on any atom is 0.234 e. The van der Waals surface area contributed by atoms with E-state index in [0.717, 1.165) is 32.6 Å². The molecule has 0 saturated carbocycles. The number of hydrogen-bond donors (Lipinski definition) is 2. The molecule has 18 heavy (non-hydrogen) atoms. The molecular formula is C12H23N3O3. The third-order valence-electron chi connectivity index (χ3n) is 3.55. The Bertz CT molecular complexity index is 269. The largest absolute Gasteiger partial charge is 0.381 e. The van der Waals surface area contributed by atoms with Crippen LogP contribution in [0.15, 0.2) is 0 Å². The monoisotopic (exact) mass is 257 g/mol. The van der Waals surface area contributed by atoms with Gasteiger partial charge in [-0.1, -0.05) is 0 Å². The van der Waals surface area contributed by atoms with Crippen LogP contribution in [0.1, 0.15) is 12.8 Å². The Morgan fingerprint density at radius 3 is 2.78 bits per heavy atom. The van der Waals surface area contributed by atoms with Gasteiger partial charge in [0, 0.05) is 38.4 Å². The van der Waals surface area contributed by atoms with Crippen molar-refractivity contribution in [1.29, 1.82) is 0 Å². The van der Waals surface area contributed by atoms with Crippen LogP contribution in [0.2, 0.25) is 0 Å². The van der Waals surface area contributed by atoms with Crippen molar-refractivity contribution in [1.82, 2.24) is 10.2 Å². The van der Waals surface area contributed by atoms with Gasteiger partial charge in [0.15, 0.2) is 0 Å². The summed E-state index contributed by atoms with van der Waals surface area (Å²) >= 11 is 0. The van der Waals surface area contributed by atoms with Gasteiger partial charge in [-0.3, -0.25) is 9.69 Å². The molecule has 2 saturated heterocycles. The molecular weight excluding hydrogens is 234 g/mol. The lowest BCUT2D eigenvalue weighted by Crippen LogP contribution is -2.53. The molecule has 1 amide bonds. The Hall–Kier alpha value is -0.690. The second-order valence-corrected chi connectivity index (χ2v) is 4.89. The van der Waals surface area contributed by atoms with Crippen molar-refractivity contribution in [3.63, 3.8) is 0 Å². The van der Waals surface area contributed by atoms with Gasteiger partial charge in [-0.25, -0.2) is 0 Å². The zero-order chi connectivity index (χ0) is 12.8. The second-order valence-electron chi connectivity index (χ2n) is 4.89. The number of rotatable bonds is 4.